The predicted molar refractivity (Wildman–Crippen MR) is 87.8 cm³/mol. The fraction of sp³-hybridized carbons (Fsp3) is 0.357. The number of nitrogens with zero attached hydrogens (tertiary/aromatic N) is 3. The zero-order valence-electron chi connectivity index (χ0n) is 12.8. The number of sulfonamides is 1. The van der Waals surface area contributed by atoms with Crippen LogP contribution in [0, 0.1) is 5.82 Å². The minimum Gasteiger partial charge on any atom is -0.320 e. The topological polar surface area (TPSA) is 92.3 Å². The average molecular weight is 370 g/mol. The van der Waals surface area contributed by atoms with Gasteiger partial charge in [0.15, 0.2) is 0 Å². The van der Waals surface area contributed by atoms with Gasteiger partial charge in [0.1, 0.15) is 10.8 Å². The van der Waals surface area contributed by atoms with Crippen molar-refractivity contribution < 1.29 is 17.6 Å². The number of aromatic nitrogens is 2. The van der Waals surface area contributed by atoms with Crippen molar-refractivity contribution >= 4 is 33.0 Å². The fourth-order valence-corrected chi connectivity index (χ4v) is 4.68. The monoisotopic (exact) mass is 370 g/mol. The zero-order valence-corrected chi connectivity index (χ0v) is 14.4. The molecule has 1 fully saturated rings. The van der Waals surface area contributed by atoms with Crippen LogP contribution in [0.3, 0.4) is 0 Å². The lowest BCUT2D eigenvalue weighted by Gasteiger charge is -2.19. The first-order valence-corrected chi connectivity index (χ1v) is 9.88. The maximum atomic E-state index is 13.1. The Kier molecular flexibility index (Phi) is 4.61. The van der Waals surface area contributed by atoms with Crippen molar-refractivity contribution in [3.8, 4) is 0 Å². The van der Waals surface area contributed by atoms with Crippen molar-refractivity contribution in [1.82, 2.24) is 14.5 Å². The third-order valence-electron chi connectivity index (χ3n) is 3.63. The third kappa shape index (κ3) is 3.60. The molecule has 0 bridgehead atoms. The Bertz CT molecular complexity index is 868. The molecule has 1 saturated heterocycles. The van der Waals surface area contributed by atoms with E-state index in [0.717, 1.165) is 24.0 Å². The quantitative estimate of drug-likeness (QED) is 0.889. The number of carbonyl (C=O) groups is 1. The molecule has 0 aliphatic carbocycles. The van der Waals surface area contributed by atoms with Crippen LogP contribution >= 0.6 is 11.3 Å². The molecule has 2 aromatic rings. The van der Waals surface area contributed by atoms with Crippen LogP contribution < -0.4 is 5.32 Å². The molecule has 1 aromatic carbocycles. The highest BCUT2D eigenvalue weighted by Crippen LogP contribution is 2.35. The number of hydrogen-bond donors (Lipinski definition) is 1. The number of anilines is 1. The highest BCUT2D eigenvalue weighted by molar-refractivity contribution is 7.88. The minimum absolute atomic E-state index is 0.106. The van der Waals surface area contributed by atoms with Crippen LogP contribution in [0.25, 0.3) is 0 Å². The number of halogens is 1. The first-order chi connectivity index (χ1) is 11.3. The second kappa shape index (κ2) is 6.54. The van der Waals surface area contributed by atoms with E-state index in [2.05, 4.69) is 15.5 Å². The second-order valence-electron chi connectivity index (χ2n) is 5.44. The van der Waals surface area contributed by atoms with Gasteiger partial charge in [0.05, 0.1) is 12.3 Å². The van der Waals surface area contributed by atoms with Crippen molar-refractivity contribution in [3.05, 3.63) is 40.1 Å². The van der Waals surface area contributed by atoms with E-state index in [-0.39, 0.29) is 11.0 Å². The lowest BCUT2D eigenvalue weighted by molar-refractivity contribution is 0.102. The van der Waals surface area contributed by atoms with Gasteiger partial charge in [-0.3, -0.25) is 4.79 Å². The first kappa shape index (κ1) is 16.9. The van der Waals surface area contributed by atoms with E-state index in [0.29, 0.717) is 23.7 Å². The summed E-state index contributed by atoms with van der Waals surface area (Å²) in [6, 6.07) is 5.14. The normalized spacial score (nSPS) is 18.7. The van der Waals surface area contributed by atoms with Crippen LogP contribution in [0.2, 0.25) is 0 Å². The van der Waals surface area contributed by atoms with Crippen LogP contribution in [0.5, 0.6) is 0 Å². The molecule has 1 aliphatic heterocycles. The number of amides is 1. The number of carbonyl (C=O) groups excluding carboxylic acids is 1. The number of benzene rings is 1. The van der Waals surface area contributed by atoms with E-state index in [1.54, 1.807) is 6.07 Å². The molecule has 1 N–H and O–H groups in total. The summed E-state index contributed by atoms with van der Waals surface area (Å²) in [6.45, 7) is 0.438. The summed E-state index contributed by atoms with van der Waals surface area (Å²) >= 11 is 1.05. The van der Waals surface area contributed by atoms with Gasteiger partial charge in [-0.1, -0.05) is 17.4 Å². The molecule has 1 aliphatic rings. The highest BCUT2D eigenvalue weighted by Gasteiger charge is 2.35. The van der Waals surface area contributed by atoms with Gasteiger partial charge in [-0.25, -0.2) is 12.8 Å². The molecule has 0 saturated carbocycles. The largest absolute Gasteiger partial charge is 0.320 e. The maximum Gasteiger partial charge on any atom is 0.286 e. The Hall–Kier alpha value is -1.91. The van der Waals surface area contributed by atoms with E-state index in [4.69, 9.17) is 0 Å². The summed E-state index contributed by atoms with van der Waals surface area (Å²) in [5, 5.41) is 10.9. The van der Waals surface area contributed by atoms with E-state index in [9.17, 15) is 17.6 Å². The summed E-state index contributed by atoms with van der Waals surface area (Å²) < 4.78 is 38.1. The third-order valence-corrected chi connectivity index (χ3v) is 5.94. The molecule has 1 atom stereocenters. The highest BCUT2D eigenvalue weighted by atomic mass is 32.2. The lowest BCUT2D eigenvalue weighted by atomic mass is 10.2. The summed E-state index contributed by atoms with van der Waals surface area (Å²) in [5.74, 6) is -0.964. The van der Waals surface area contributed by atoms with Gasteiger partial charge in [-0.05, 0) is 31.0 Å². The molecule has 1 amide bonds. The van der Waals surface area contributed by atoms with Crippen LogP contribution in [-0.4, -0.2) is 41.6 Å². The van der Waals surface area contributed by atoms with Crippen LogP contribution in [0.4, 0.5) is 10.1 Å². The summed E-state index contributed by atoms with van der Waals surface area (Å²) in [5.41, 5.74) is 0.315. The molecule has 128 valence electrons. The van der Waals surface area contributed by atoms with E-state index in [1.165, 1.54) is 22.5 Å². The van der Waals surface area contributed by atoms with Gasteiger partial charge in [-0.2, -0.15) is 4.31 Å². The standard InChI is InChI=1S/C14H15FN4O3S2/c1-24(21,22)19-7-3-6-11(19)13-17-18-14(23-13)12(20)16-10-5-2-4-9(15)8-10/h2,4-5,8,11H,3,6-7H2,1H3,(H,16,20)/t11-/m1/s1. The minimum atomic E-state index is -3.33. The predicted octanol–water partition coefficient (Wildman–Crippen LogP) is 2.03. The summed E-state index contributed by atoms with van der Waals surface area (Å²) in [7, 11) is -3.33. The maximum absolute atomic E-state index is 13.1. The smallest absolute Gasteiger partial charge is 0.286 e. The average Bonchev–Trinajstić information content (AvgIpc) is 3.15. The molecule has 0 spiro atoms. The molecule has 0 radical (unpaired) electrons. The molecule has 1 aromatic heterocycles. The Labute approximate surface area is 142 Å². The van der Waals surface area contributed by atoms with Crippen molar-refractivity contribution in [2.75, 3.05) is 18.1 Å². The molecule has 0 unspecified atom stereocenters. The number of rotatable bonds is 4. The molecular formula is C14H15FN4O3S2. The molecule has 2 heterocycles. The second-order valence-corrected chi connectivity index (χ2v) is 8.39. The van der Waals surface area contributed by atoms with Gasteiger partial charge in [0, 0.05) is 12.2 Å². The van der Waals surface area contributed by atoms with E-state index < -0.39 is 21.7 Å². The Morgan fingerprint density at radius 3 is 2.92 bits per heavy atom. The molecular weight excluding hydrogens is 355 g/mol. The van der Waals surface area contributed by atoms with Crippen LogP contribution in [-0.2, 0) is 10.0 Å². The lowest BCUT2D eigenvalue weighted by Crippen LogP contribution is -2.29. The fourth-order valence-electron chi connectivity index (χ4n) is 2.60. The first-order valence-electron chi connectivity index (χ1n) is 7.22. The number of hydrogen-bond acceptors (Lipinski definition) is 6. The van der Waals surface area contributed by atoms with Crippen LogP contribution in [0.1, 0.15) is 33.7 Å². The number of nitrogens with one attached hydrogen (secondary N) is 1. The Morgan fingerprint density at radius 1 is 1.42 bits per heavy atom. The van der Waals surface area contributed by atoms with Gasteiger partial charge in [-0.15, -0.1) is 10.2 Å². The molecule has 7 nitrogen and oxygen atoms in total. The van der Waals surface area contributed by atoms with Crippen molar-refractivity contribution in [3.63, 3.8) is 0 Å². The van der Waals surface area contributed by atoms with Crippen molar-refractivity contribution in [2.24, 2.45) is 0 Å². The van der Waals surface area contributed by atoms with Gasteiger partial charge in [0.25, 0.3) is 5.91 Å². The SMILES string of the molecule is CS(=O)(=O)N1CCC[C@@H]1c1nnc(C(=O)Nc2cccc(F)c2)s1. The molecule has 24 heavy (non-hydrogen) atoms. The van der Waals surface area contributed by atoms with E-state index in [1.807, 2.05) is 0 Å². The molecule has 3 rings (SSSR count). The van der Waals surface area contributed by atoms with Gasteiger partial charge >= 0.3 is 0 Å². The van der Waals surface area contributed by atoms with Crippen molar-refractivity contribution in [1.29, 1.82) is 0 Å². The summed E-state index contributed by atoms with van der Waals surface area (Å²) in [4.78, 5) is 12.2. The zero-order chi connectivity index (χ0) is 17.3. The summed E-state index contributed by atoms with van der Waals surface area (Å²) in [6.07, 6.45) is 2.54. The van der Waals surface area contributed by atoms with Gasteiger partial charge < -0.3 is 5.32 Å². The molecule has 10 heteroatoms. The Morgan fingerprint density at radius 2 is 2.21 bits per heavy atom. The van der Waals surface area contributed by atoms with Crippen molar-refractivity contribution in [2.45, 2.75) is 18.9 Å². The van der Waals surface area contributed by atoms with Crippen LogP contribution in [0.15, 0.2) is 24.3 Å². The van der Waals surface area contributed by atoms with E-state index >= 15 is 0 Å². The Balaban J connectivity index is 1.77. The van der Waals surface area contributed by atoms with Gasteiger partial charge in [0.2, 0.25) is 15.0 Å².